The van der Waals surface area contributed by atoms with Crippen LogP contribution in [0.4, 0.5) is 10.1 Å². The Bertz CT molecular complexity index is 1110. The molecule has 1 aromatic heterocycles. The Hall–Kier alpha value is -3.13. The molecule has 0 aliphatic heterocycles. The molecule has 0 aliphatic carbocycles. The van der Waals surface area contributed by atoms with Gasteiger partial charge < -0.3 is 10.3 Å². The van der Waals surface area contributed by atoms with Crippen LogP contribution in [0.1, 0.15) is 41.5 Å². The zero-order valence-corrected chi connectivity index (χ0v) is 16.9. The summed E-state index contributed by atoms with van der Waals surface area (Å²) in [5.41, 5.74) is 2.07. The minimum Gasteiger partial charge on any atom is -0.356 e. The van der Waals surface area contributed by atoms with Crippen LogP contribution in [-0.4, -0.2) is 19.3 Å². The molecule has 0 spiro atoms. The predicted octanol–water partition coefficient (Wildman–Crippen LogP) is 4.01. The van der Waals surface area contributed by atoms with Crippen molar-refractivity contribution >= 4 is 21.6 Å². The van der Waals surface area contributed by atoms with Crippen LogP contribution >= 0.6 is 0 Å². The summed E-state index contributed by atoms with van der Waals surface area (Å²) in [6, 6.07) is 14.3. The number of sulfonamides is 1. The normalized spacial score (nSPS) is 12.4. The van der Waals surface area contributed by atoms with Gasteiger partial charge in [0.15, 0.2) is 0 Å². The number of anilines is 1. The molecule has 0 bridgehead atoms. The molecule has 0 aliphatic rings. The van der Waals surface area contributed by atoms with Gasteiger partial charge in [-0.05, 0) is 42.7 Å². The van der Waals surface area contributed by atoms with Crippen molar-refractivity contribution in [2.75, 3.05) is 4.72 Å². The number of carbonyl (C=O) groups is 1. The van der Waals surface area contributed by atoms with E-state index in [9.17, 15) is 17.6 Å². The van der Waals surface area contributed by atoms with Crippen LogP contribution in [-0.2, 0) is 16.4 Å². The molecule has 3 aromatic rings. The molecule has 1 heterocycles. The summed E-state index contributed by atoms with van der Waals surface area (Å²) in [4.78, 5) is 15.0. The van der Waals surface area contributed by atoms with E-state index in [-0.39, 0.29) is 22.3 Å². The molecule has 8 heteroatoms. The van der Waals surface area contributed by atoms with E-state index in [1.54, 1.807) is 0 Å². The smallest absolute Gasteiger partial charge is 0.268 e. The SMILES string of the molecule is CCc1ccc(C(C)NC(=O)c2cc(S(=O)(=O)Nc3ccccc3F)c[nH]2)cc1. The maximum Gasteiger partial charge on any atom is 0.268 e. The number of aromatic amines is 1. The fourth-order valence-electron chi connectivity index (χ4n) is 2.81. The molecule has 0 saturated heterocycles. The standard InChI is InChI=1S/C21H22FN3O3S/c1-3-15-8-10-16(11-9-15)14(2)24-21(26)20-12-17(13-23-20)29(27,28)25-19-7-5-4-6-18(19)22/h4-14,23,25H,3H2,1-2H3,(H,24,26). The van der Waals surface area contributed by atoms with Crippen molar-refractivity contribution in [3.8, 4) is 0 Å². The molecule has 3 N–H and O–H groups in total. The van der Waals surface area contributed by atoms with Gasteiger partial charge in [-0.3, -0.25) is 9.52 Å². The van der Waals surface area contributed by atoms with Crippen molar-refractivity contribution < 1.29 is 17.6 Å². The molecule has 0 radical (unpaired) electrons. The maximum atomic E-state index is 13.7. The van der Waals surface area contributed by atoms with Gasteiger partial charge in [0.25, 0.3) is 15.9 Å². The van der Waals surface area contributed by atoms with E-state index in [1.165, 1.54) is 36.0 Å². The molecule has 3 rings (SSSR count). The van der Waals surface area contributed by atoms with E-state index < -0.39 is 21.7 Å². The molecule has 6 nitrogen and oxygen atoms in total. The molecule has 1 unspecified atom stereocenters. The molecule has 1 amide bonds. The highest BCUT2D eigenvalue weighted by molar-refractivity contribution is 7.92. The van der Waals surface area contributed by atoms with Crippen LogP contribution in [0.2, 0.25) is 0 Å². The highest BCUT2D eigenvalue weighted by Crippen LogP contribution is 2.20. The number of nitrogens with one attached hydrogen (secondary N) is 3. The fourth-order valence-corrected chi connectivity index (χ4v) is 3.87. The lowest BCUT2D eigenvalue weighted by molar-refractivity contribution is 0.0935. The van der Waals surface area contributed by atoms with E-state index in [2.05, 4.69) is 21.9 Å². The number of aromatic nitrogens is 1. The summed E-state index contributed by atoms with van der Waals surface area (Å²) in [5.74, 6) is -1.13. The van der Waals surface area contributed by atoms with Crippen LogP contribution in [0.3, 0.4) is 0 Å². The number of H-pyrrole nitrogens is 1. The van der Waals surface area contributed by atoms with Crippen molar-refractivity contribution in [2.24, 2.45) is 0 Å². The van der Waals surface area contributed by atoms with E-state index >= 15 is 0 Å². The molecule has 1 atom stereocenters. The lowest BCUT2D eigenvalue weighted by Gasteiger charge is -2.14. The van der Waals surface area contributed by atoms with Crippen LogP contribution < -0.4 is 10.0 Å². The third-order valence-electron chi connectivity index (χ3n) is 4.57. The number of hydrogen-bond donors (Lipinski definition) is 3. The van der Waals surface area contributed by atoms with E-state index in [0.717, 1.165) is 18.1 Å². The van der Waals surface area contributed by atoms with Crippen molar-refractivity contribution in [3.63, 3.8) is 0 Å². The zero-order chi connectivity index (χ0) is 21.0. The van der Waals surface area contributed by atoms with E-state index in [4.69, 9.17) is 0 Å². The number of halogens is 1. The molecule has 0 saturated carbocycles. The van der Waals surface area contributed by atoms with Gasteiger partial charge in [-0.1, -0.05) is 43.3 Å². The maximum absolute atomic E-state index is 13.7. The predicted molar refractivity (Wildman–Crippen MR) is 110 cm³/mol. The monoisotopic (exact) mass is 415 g/mol. The largest absolute Gasteiger partial charge is 0.356 e. The van der Waals surface area contributed by atoms with E-state index in [0.29, 0.717) is 0 Å². The summed E-state index contributed by atoms with van der Waals surface area (Å²) in [7, 11) is -4.04. The number of aryl methyl sites for hydroxylation is 1. The number of amides is 1. The third kappa shape index (κ3) is 4.83. The van der Waals surface area contributed by atoms with Crippen molar-refractivity contribution in [1.82, 2.24) is 10.3 Å². The minimum absolute atomic E-state index is 0.0935. The van der Waals surface area contributed by atoms with Gasteiger partial charge in [0, 0.05) is 6.20 Å². The van der Waals surface area contributed by atoms with Gasteiger partial charge in [-0.2, -0.15) is 0 Å². The molecular weight excluding hydrogens is 393 g/mol. The van der Waals surface area contributed by atoms with Gasteiger partial charge in [0.05, 0.1) is 11.7 Å². The molecular formula is C21H22FN3O3S. The summed E-state index contributed by atoms with van der Waals surface area (Å²) in [6.07, 6.45) is 2.13. The van der Waals surface area contributed by atoms with Crippen LogP contribution in [0.5, 0.6) is 0 Å². The fraction of sp³-hybridized carbons (Fsp3) is 0.190. The van der Waals surface area contributed by atoms with Crippen LogP contribution in [0, 0.1) is 5.82 Å². The number of carbonyl (C=O) groups excluding carboxylic acids is 1. The summed E-state index contributed by atoms with van der Waals surface area (Å²) in [6.45, 7) is 3.91. The first-order valence-corrected chi connectivity index (χ1v) is 10.6. The Morgan fingerprint density at radius 2 is 1.83 bits per heavy atom. The molecule has 152 valence electrons. The highest BCUT2D eigenvalue weighted by Gasteiger charge is 2.20. The molecule has 29 heavy (non-hydrogen) atoms. The molecule has 0 fully saturated rings. The van der Waals surface area contributed by atoms with E-state index in [1.807, 2.05) is 31.2 Å². The van der Waals surface area contributed by atoms with Gasteiger partial charge in [-0.25, -0.2) is 12.8 Å². The Morgan fingerprint density at radius 3 is 2.48 bits per heavy atom. The average molecular weight is 415 g/mol. The summed E-state index contributed by atoms with van der Waals surface area (Å²) >= 11 is 0. The van der Waals surface area contributed by atoms with Crippen molar-refractivity contribution in [3.05, 3.63) is 83.4 Å². The highest BCUT2D eigenvalue weighted by atomic mass is 32.2. The summed E-state index contributed by atoms with van der Waals surface area (Å²) in [5, 5.41) is 2.83. The topological polar surface area (TPSA) is 91.1 Å². The van der Waals surface area contributed by atoms with Gasteiger partial charge in [0.1, 0.15) is 16.4 Å². The average Bonchev–Trinajstić information content (AvgIpc) is 3.21. The second-order valence-electron chi connectivity index (χ2n) is 6.62. The Labute approximate surface area is 169 Å². The van der Waals surface area contributed by atoms with Gasteiger partial charge >= 0.3 is 0 Å². The lowest BCUT2D eigenvalue weighted by Crippen LogP contribution is -2.26. The Balaban J connectivity index is 1.71. The first kappa shape index (κ1) is 20.6. The van der Waals surface area contributed by atoms with Gasteiger partial charge in [0.2, 0.25) is 0 Å². The third-order valence-corrected chi connectivity index (χ3v) is 5.91. The first-order chi connectivity index (χ1) is 13.8. The zero-order valence-electron chi connectivity index (χ0n) is 16.1. The number of rotatable bonds is 7. The second-order valence-corrected chi connectivity index (χ2v) is 8.31. The lowest BCUT2D eigenvalue weighted by atomic mass is 10.0. The first-order valence-electron chi connectivity index (χ1n) is 9.15. The van der Waals surface area contributed by atoms with Gasteiger partial charge in [-0.15, -0.1) is 0 Å². The number of para-hydroxylation sites is 1. The van der Waals surface area contributed by atoms with Crippen molar-refractivity contribution in [1.29, 1.82) is 0 Å². The van der Waals surface area contributed by atoms with Crippen LogP contribution in [0.15, 0.2) is 65.7 Å². The Morgan fingerprint density at radius 1 is 1.14 bits per heavy atom. The second kappa shape index (κ2) is 8.48. The number of benzene rings is 2. The minimum atomic E-state index is -4.04. The molecule has 2 aromatic carbocycles. The quantitative estimate of drug-likeness (QED) is 0.545. The van der Waals surface area contributed by atoms with Crippen LogP contribution in [0.25, 0.3) is 0 Å². The van der Waals surface area contributed by atoms with Crippen molar-refractivity contribution in [2.45, 2.75) is 31.2 Å². The number of hydrogen-bond acceptors (Lipinski definition) is 3. The Kier molecular flexibility index (Phi) is 6.03. The summed E-state index contributed by atoms with van der Waals surface area (Å²) < 4.78 is 40.8.